The van der Waals surface area contributed by atoms with Gasteiger partial charge in [-0.15, -0.1) is 0 Å². The molecule has 0 radical (unpaired) electrons. The summed E-state index contributed by atoms with van der Waals surface area (Å²) in [6, 6.07) is 12.3. The van der Waals surface area contributed by atoms with Gasteiger partial charge < -0.3 is 9.88 Å². The van der Waals surface area contributed by atoms with Gasteiger partial charge in [-0.2, -0.15) is 9.97 Å². The molecule has 1 aliphatic heterocycles. The van der Waals surface area contributed by atoms with Gasteiger partial charge in [0.25, 0.3) is 0 Å². The quantitative estimate of drug-likeness (QED) is 0.512. The number of anilines is 1. The molecule has 0 amide bonds. The predicted molar refractivity (Wildman–Crippen MR) is 112 cm³/mol. The summed E-state index contributed by atoms with van der Waals surface area (Å²) in [6.45, 7) is 4.47. The van der Waals surface area contributed by atoms with Crippen LogP contribution in [0.25, 0.3) is 10.9 Å². The number of nitrogens with zero attached hydrogens (tertiary/aromatic N) is 4. The van der Waals surface area contributed by atoms with Crippen LogP contribution in [-0.2, 0) is 6.42 Å². The zero-order valence-electron chi connectivity index (χ0n) is 16.1. The Morgan fingerprint density at radius 3 is 2.48 bits per heavy atom. The van der Waals surface area contributed by atoms with Gasteiger partial charge in [0.05, 0.1) is 6.04 Å². The van der Waals surface area contributed by atoms with Crippen LogP contribution in [0.15, 0.2) is 42.5 Å². The highest BCUT2D eigenvalue weighted by Crippen LogP contribution is 2.40. The molecule has 1 unspecified atom stereocenters. The lowest BCUT2D eigenvalue weighted by atomic mass is 9.92. The largest absolute Gasteiger partial charge is 0.356 e. The Balaban J connectivity index is 1.72. The highest BCUT2D eigenvalue weighted by atomic mass is 35.5. The number of fused-ring (bicyclic) bond motifs is 3. The van der Waals surface area contributed by atoms with Crippen LogP contribution in [0.1, 0.15) is 34.5 Å². The zero-order valence-corrected chi connectivity index (χ0v) is 16.8. The number of benzene rings is 2. The third-order valence-corrected chi connectivity index (χ3v) is 5.61. The van der Waals surface area contributed by atoms with Crippen molar-refractivity contribution in [2.24, 2.45) is 0 Å². The zero-order chi connectivity index (χ0) is 20.1. The number of hydrogen-bond donors (Lipinski definition) is 1. The van der Waals surface area contributed by atoms with Gasteiger partial charge in [-0.3, -0.25) is 0 Å². The Labute approximate surface area is 172 Å². The van der Waals surface area contributed by atoms with Crippen LogP contribution in [0.2, 0.25) is 5.02 Å². The number of aromatic amines is 1. The number of aromatic nitrogens is 4. The molecule has 0 saturated heterocycles. The summed E-state index contributed by atoms with van der Waals surface area (Å²) in [7, 11) is 0. The molecule has 0 aliphatic carbocycles. The summed E-state index contributed by atoms with van der Waals surface area (Å²) in [6.07, 6.45) is 0.831. The van der Waals surface area contributed by atoms with Gasteiger partial charge in [-0.1, -0.05) is 23.7 Å². The van der Waals surface area contributed by atoms with E-state index >= 15 is 0 Å². The maximum Gasteiger partial charge on any atom is 0.229 e. The molecule has 146 valence electrons. The topological polar surface area (TPSA) is 57.7 Å². The Kier molecular flexibility index (Phi) is 4.24. The average Bonchev–Trinajstić information content (AvgIpc) is 3.05. The Morgan fingerprint density at radius 1 is 1.03 bits per heavy atom. The third-order valence-electron chi connectivity index (χ3n) is 5.38. The number of H-pyrrole nitrogens is 1. The lowest BCUT2D eigenvalue weighted by Crippen LogP contribution is -2.37. The van der Waals surface area contributed by atoms with Gasteiger partial charge in [-0.05, 0) is 61.7 Å². The SMILES string of the molecule is Cc1nc(C)nc(N2CCc3c([nH]c4ccc(Cl)cc34)C2c2ccc(F)cc2)n1. The van der Waals surface area contributed by atoms with E-state index < -0.39 is 0 Å². The van der Waals surface area contributed by atoms with Crippen molar-refractivity contribution >= 4 is 28.5 Å². The summed E-state index contributed by atoms with van der Waals surface area (Å²) in [4.78, 5) is 19.2. The minimum Gasteiger partial charge on any atom is -0.356 e. The van der Waals surface area contributed by atoms with Crippen LogP contribution >= 0.6 is 11.6 Å². The van der Waals surface area contributed by atoms with E-state index in [0.717, 1.165) is 35.1 Å². The molecule has 4 aromatic rings. The molecule has 1 atom stereocenters. The van der Waals surface area contributed by atoms with Crippen molar-refractivity contribution in [1.82, 2.24) is 19.9 Å². The summed E-state index contributed by atoms with van der Waals surface area (Å²) in [5.74, 6) is 1.73. The number of hydrogen-bond acceptors (Lipinski definition) is 4. The lowest BCUT2D eigenvalue weighted by Gasteiger charge is -2.36. The van der Waals surface area contributed by atoms with Gasteiger partial charge in [0.15, 0.2) is 0 Å². The molecule has 5 nitrogen and oxygen atoms in total. The molecule has 0 fully saturated rings. The van der Waals surface area contributed by atoms with Gasteiger partial charge >= 0.3 is 0 Å². The second-order valence-corrected chi connectivity index (χ2v) is 7.77. The van der Waals surface area contributed by atoms with E-state index in [1.54, 1.807) is 0 Å². The van der Waals surface area contributed by atoms with Crippen LogP contribution in [0.4, 0.5) is 10.3 Å². The van der Waals surface area contributed by atoms with Crippen LogP contribution in [0.3, 0.4) is 0 Å². The summed E-state index contributed by atoms with van der Waals surface area (Å²) < 4.78 is 13.6. The molecule has 0 bridgehead atoms. The van der Waals surface area contributed by atoms with Crippen molar-refractivity contribution < 1.29 is 4.39 Å². The monoisotopic (exact) mass is 407 g/mol. The highest BCUT2D eigenvalue weighted by molar-refractivity contribution is 6.31. The number of aryl methyl sites for hydroxylation is 2. The van der Waals surface area contributed by atoms with Crippen LogP contribution in [0.5, 0.6) is 0 Å². The number of halogens is 2. The molecule has 1 aliphatic rings. The number of nitrogens with one attached hydrogen (secondary N) is 1. The van der Waals surface area contributed by atoms with Crippen molar-refractivity contribution in [2.75, 3.05) is 11.4 Å². The molecule has 2 aromatic carbocycles. The highest BCUT2D eigenvalue weighted by Gasteiger charge is 2.33. The van der Waals surface area contributed by atoms with Crippen molar-refractivity contribution in [3.05, 3.63) is 81.8 Å². The molecule has 5 rings (SSSR count). The fourth-order valence-electron chi connectivity index (χ4n) is 4.19. The van der Waals surface area contributed by atoms with Crippen molar-refractivity contribution in [2.45, 2.75) is 26.3 Å². The minimum atomic E-state index is -0.258. The van der Waals surface area contributed by atoms with E-state index in [0.29, 0.717) is 22.6 Å². The second-order valence-electron chi connectivity index (χ2n) is 7.33. The van der Waals surface area contributed by atoms with Gasteiger partial charge in [0, 0.05) is 28.2 Å². The van der Waals surface area contributed by atoms with E-state index in [9.17, 15) is 4.39 Å². The van der Waals surface area contributed by atoms with Crippen LogP contribution in [-0.4, -0.2) is 26.5 Å². The molecule has 7 heteroatoms. The fraction of sp³-hybridized carbons (Fsp3) is 0.227. The molecule has 29 heavy (non-hydrogen) atoms. The van der Waals surface area contributed by atoms with Gasteiger partial charge in [-0.25, -0.2) is 9.37 Å². The molecule has 2 aromatic heterocycles. The standard InChI is InChI=1S/C22H19ClFN5/c1-12-25-13(2)27-22(26-12)29-10-9-17-18-11-15(23)5-8-19(18)28-20(17)21(29)14-3-6-16(24)7-4-14/h3-8,11,21,28H,9-10H2,1-2H3. The fourth-order valence-corrected chi connectivity index (χ4v) is 4.37. The van der Waals surface area contributed by atoms with E-state index in [1.165, 1.54) is 17.7 Å². The first kappa shape index (κ1) is 18.1. The Hall–Kier alpha value is -2.99. The van der Waals surface area contributed by atoms with E-state index in [4.69, 9.17) is 11.6 Å². The Bertz CT molecular complexity index is 1200. The van der Waals surface area contributed by atoms with Crippen LogP contribution in [0, 0.1) is 19.7 Å². The first-order valence-corrected chi connectivity index (χ1v) is 9.89. The molecular formula is C22H19ClFN5. The summed E-state index contributed by atoms with van der Waals surface area (Å²) in [5.41, 5.74) is 4.31. The van der Waals surface area contributed by atoms with Gasteiger partial charge in [0.1, 0.15) is 17.5 Å². The van der Waals surface area contributed by atoms with E-state index in [2.05, 4.69) is 24.8 Å². The molecule has 3 heterocycles. The smallest absolute Gasteiger partial charge is 0.229 e. The predicted octanol–water partition coefficient (Wildman–Crippen LogP) is 4.91. The molecular weight excluding hydrogens is 389 g/mol. The maximum absolute atomic E-state index is 13.6. The second kappa shape index (κ2) is 6.81. The molecule has 0 saturated carbocycles. The van der Waals surface area contributed by atoms with E-state index in [-0.39, 0.29) is 11.9 Å². The van der Waals surface area contributed by atoms with Crippen molar-refractivity contribution in [1.29, 1.82) is 0 Å². The summed E-state index contributed by atoms with van der Waals surface area (Å²) in [5, 5.41) is 1.84. The first-order chi connectivity index (χ1) is 14.0. The molecule has 0 spiro atoms. The molecule has 1 N–H and O–H groups in total. The van der Waals surface area contributed by atoms with Crippen molar-refractivity contribution in [3.8, 4) is 0 Å². The Morgan fingerprint density at radius 2 is 1.76 bits per heavy atom. The third kappa shape index (κ3) is 3.13. The minimum absolute atomic E-state index is 0.160. The number of rotatable bonds is 2. The normalized spacial score (nSPS) is 16.3. The van der Waals surface area contributed by atoms with Crippen LogP contribution < -0.4 is 4.90 Å². The lowest BCUT2D eigenvalue weighted by molar-refractivity contribution is 0.610. The summed E-state index contributed by atoms with van der Waals surface area (Å²) >= 11 is 6.26. The van der Waals surface area contributed by atoms with Crippen molar-refractivity contribution in [3.63, 3.8) is 0 Å². The first-order valence-electron chi connectivity index (χ1n) is 9.51. The van der Waals surface area contributed by atoms with E-state index in [1.807, 2.05) is 44.2 Å². The maximum atomic E-state index is 13.6. The average molecular weight is 408 g/mol. The van der Waals surface area contributed by atoms with Gasteiger partial charge in [0.2, 0.25) is 5.95 Å².